The van der Waals surface area contributed by atoms with E-state index in [-0.39, 0.29) is 11.4 Å². The lowest BCUT2D eigenvalue weighted by molar-refractivity contribution is 0.581. The fraction of sp³-hybridized carbons (Fsp3) is 0.133. The molecule has 2 aromatic rings. The van der Waals surface area contributed by atoms with Gasteiger partial charge in [0.1, 0.15) is 0 Å². The SMILES string of the molecule is Cc1cc(S(=O)(=O)NCc2cccc(Cl)c2)ccc1C#N. The van der Waals surface area contributed by atoms with Crippen LogP contribution in [0.5, 0.6) is 0 Å². The second kappa shape index (κ2) is 6.27. The number of halogens is 1. The van der Waals surface area contributed by atoms with Crippen molar-refractivity contribution in [3.63, 3.8) is 0 Å². The van der Waals surface area contributed by atoms with E-state index < -0.39 is 10.0 Å². The van der Waals surface area contributed by atoms with E-state index in [1.165, 1.54) is 18.2 Å². The van der Waals surface area contributed by atoms with Gasteiger partial charge in [-0.15, -0.1) is 0 Å². The lowest BCUT2D eigenvalue weighted by atomic mass is 10.1. The number of nitrogens with zero attached hydrogens (tertiary/aromatic N) is 1. The second-order valence-corrected chi connectivity index (χ2v) is 6.75. The van der Waals surface area contributed by atoms with E-state index in [0.717, 1.165) is 5.56 Å². The van der Waals surface area contributed by atoms with Gasteiger partial charge in [-0.05, 0) is 48.4 Å². The van der Waals surface area contributed by atoms with Crippen LogP contribution in [0.25, 0.3) is 0 Å². The van der Waals surface area contributed by atoms with Crippen molar-refractivity contribution < 1.29 is 8.42 Å². The van der Waals surface area contributed by atoms with Crippen LogP contribution in [0.1, 0.15) is 16.7 Å². The summed E-state index contributed by atoms with van der Waals surface area (Å²) in [5, 5.41) is 9.42. The largest absolute Gasteiger partial charge is 0.240 e. The van der Waals surface area contributed by atoms with Crippen LogP contribution in [-0.2, 0) is 16.6 Å². The molecule has 108 valence electrons. The van der Waals surface area contributed by atoms with Crippen molar-refractivity contribution in [2.24, 2.45) is 0 Å². The quantitative estimate of drug-likeness (QED) is 0.941. The van der Waals surface area contributed by atoms with Gasteiger partial charge in [-0.3, -0.25) is 0 Å². The minimum Gasteiger partial charge on any atom is -0.207 e. The number of hydrogen-bond acceptors (Lipinski definition) is 3. The third kappa shape index (κ3) is 3.82. The molecule has 0 aliphatic carbocycles. The van der Waals surface area contributed by atoms with Crippen LogP contribution in [0.3, 0.4) is 0 Å². The molecule has 21 heavy (non-hydrogen) atoms. The second-order valence-electron chi connectivity index (χ2n) is 4.54. The van der Waals surface area contributed by atoms with Crippen LogP contribution < -0.4 is 4.72 Å². The lowest BCUT2D eigenvalue weighted by Crippen LogP contribution is -2.23. The summed E-state index contributed by atoms with van der Waals surface area (Å²) in [6.07, 6.45) is 0. The highest BCUT2D eigenvalue weighted by Crippen LogP contribution is 2.16. The Morgan fingerprint density at radius 1 is 1.24 bits per heavy atom. The van der Waals surface area contributed by atoms with Crippen molar-refractivity contribution in [3.8, 4) is 6.07 Å². The Hall–Kier alpha value is -1.87. The summed E-state index contributed by atoms with van der Waals surface area (Å²) in [4.78, 5) is 0.140. The molecule has 0 aromatic heterocycles. The number of rotatable bonds is 4. The fourth-order valence-corrected chi connectivity index (χ4v) is 3.15. The Bertz CT molecular complexity index is 811. The summed E-state index contributed by atoms with van der Waals surface area (Å²) in [6.45, 7) is 1.86. The number of aryl methyl sites for hydroxylation is 1. The maximum Gasteiger partial charge on any atom is 0.240 e. The molecule has 0 radical (unpaired) electrons. The zero-order valence-electron chi connectivity index (χ0n) is 11.3. The van der Waals surface area contributed by atoms with E-state index in [2.05, 4.69) is 4.72 Å². The first-order valence-electron chi connectivity index (χ1n) is 6.17. The highest BCUT2D eigenvalue weighted by atomic mass is 35.5. The molecule has 2 rings (SSSR count). The monoisotopic (exact) mass is 320 g/mol. The Balaban J connectivity index is 2.19. The van der Waals surface area contributed by atoms with Crippen LogP contribution in [0, 0.1) is 18.3 Å². The topological polar surface area (TPSA) is 70.0 Å². The fourth-order valence-electron chi connectivity index (χ4n) is 1.84. The van der Waals surface area contributed by atoms with Crippen LogP contribution in [0.4, 0.5) is 0 Å². The molecular formula is C15H13ClN2O2S. The molecule has 6 heteroatoms. The number of nitrogens with one attached hydrogen (secondary N) is 1. The molecular weight excluding hydrogens is 308 g/mol. The number of hydrogen-bond donors (Lipinski definition) is 1. The van der Waals surface area contributed by atoms with Crippen LogP contribution in [0.15, 0.2) is 47.4 Å². The predicted molar refractivity (Wildman–Crippen MR) is 81.4 cm³/mol. The number of sulfonamides is 1. The Labute approximate surface area is 129 Å². The van der Waals surface area contributed by atoms with Crippen LogP contribution in [-0.4, -0.2) is 8.42 Å². The zero-order valence-corrected chi connectivity index (χ0v) is 12.9. The van der Waals surface area contributed by atoms with Gasteiger partial charge in [-0.25, -0.2) is 13.1 Å². The number of nitriles is 1. The first kappa shape index (κ1) is 15.5. The van der Waals surface area contributed by atoms with Crippen molar-refractivity contribution in [2.75, 3.05) is 0 Å². The van der Waals surface area contributed by atoms with E-state index in [1.54, 1.807) is 31.2 Å². The van der Waals surface area contributed by atoms with Crippen molar-refractivity contribution in [1.29, 1.82) is 5.26 Å². The maximum absolute atomic E-state index is 12.2. The van der Waals surface area contributed by atoms with Gasteiger partial charge < -0.3 is 0 Å². The van der Waals surface area contributed by atoms with Crippen LogP contribution in [0.2, 0.25) is 5.02 Å². The van der Waals surface area contributed by atoms with Gasteiger partial charge in [0.25, 0.3) is 0 Å². The summed E-state index contributed by atoms with van der Waals surface area (Å²) < 4.78 is 26.9. The van der Waals surface area contributed by atoms with Gasteiger partial charge in [-0.1, -0.05) is 23.7 Å². The lowest BCUT2D eigenvalue weighted by Gasteiger charge is -2.08. The van der Waals surface area contributed by atoms with E-state index in [9.17, 15) is 8.42 Å². The predicted octanol–water partition coefficient (Wildman–Crippen LogP) is 3.00. The van der Waals surface area contributed by atoms with Gasteiger partial charge in [0.05, 0.1) is 16.5 Å². The standard InChI is InChI=1S/C15H13ClN2O2S/c1-11-7-15(6-5-13(11)9-17)21(19,20)18-10-12-3-2-4-14(16)8-12/h2-8,18H,10H2,1H3. The van der Waals surface area contributed by atoms with E-state index in [1.807, 2.05) is 6.07 Å². The molecule has 0 saturated carbocycles. The minimum absolute atomic E-state index is 0.140. The summed E-state index contributed by atoms with van der Waals surface area (Å²) in [5.74, 6) is 0. The first-order chi connectivity index (χ1) is 9.92. The molecule has 0 unspecified atom stereocenters. The molecule has 0 spiro atoms. The highest BCUT2D eigenvalue weighted by Gasteiger charge is 2.14. The molecule has 0 amide bonds. The molecule has 0 atom stereocenters. The zero-order chi connectivity index (χ0) is 15.5. The Kier molecular flexibility index (Phi) is 4.63. The molecule has 1 N–H and O–H groups in total. The molecule has 0 saturated heterocycles. The number of benzene rings is 2. The summed E-state index contributed by atoms with van der Waals surface area (Å²) in [6, 6.07) is 13.4. The Morgan fingerprint density at radius 3 is 2.62 bits per heavy atom. The summed E-state index contributed by atoms with van der Waals surface area (Å²) in [7, 11) is -3.62. The molecule has 0 fully saturated rings. The first-order valence-corrected chi connectivity index (χ1v) is 8.03. The van der Waals surface area contributed by atoms with Crippen LogP contribution >= 0.6 is 11.6 Å². The third-order valence-electron chi connectivity index (χ3n) is 2.98. The van der Waals surface area contributed by atoms with Gasteiger partial charge in [0.2, 0.25) is 10.0 Å². The van der Waals surface area contributed by atoms with Gasteiger partial charge in [0.15, 0.2) is 0 Å². The Morgan fingerprint density at radius 2 is 2.00 bits per heavy atom. The average Bonchev–Trinajstić information content (AvgIpc) is 2.45. The summed E-state index contributed by atoms with van der Waals surface area (Å²) in [5.41, 5.74) is 1.86. The minimum atomic E-state index is -3.62. The normalized spacial score (nSPS) is 11.1. The van der Waals surface area contributed by atoms with Crippen molar-refractivity contribution in [1.82, 2.24) is 4.72 Å². The van der Waals surface area contributed by atoms with Crippen molar-refractivity contribution in [2.45, 2.75) is 18.4 Å². The van der Waals surface area contributed by atoms with E-state index in [0.29, 0.717) is 16.1 Å². The van der Waals surface area contributed by atoms with Crippen molar-refractivity contribution >= 4 is 21.6 Å². The van der Waals surface area contributed by atoms with Gasteiger partial charge in [-0.2, -0.15) is 5.26 Å². The highest BCUT2D eigenvalue weighted by molar-refractivity contribution is 7.89. The molecule has 0 aliphatic heterocycles. The molecule has 2 aromatic carbocycles. The third-order valence-corrected chi connectivity index (χ3v) is 4.62. The molecule has 0 aliphatic rings. The van der Waals surface area contributed by atoms with Gasteiger partial charge >= 0.3 is 0 Å². The van der Waals surface area contributed by atoms with E-state index in [4.69, 9.17) is 16.9 Å². The maximum atomic E-state index is 12.2. The van der Waals surface area contributed by atoms with Crippen molar-refractivity contribution in [3.05, 3.63) is 64.2 Å². The van der Waals surface area contributed by atoms with Gasteiger partial charge in [0, 0.05) is 11.6 Å². The molecule has 4 nitrogen and oxygen atoms in total. The average molecular weight is 321 g/mol. The summed E-state index contributed by atoms with van der Waals surface area (Å²) >= 11 is 5.86. The molecule has 0 heterocycles. The smallest absolute Gasteiger partial charge is 0.207 e. The molecule has 0 bridgehead atoms. The van der Waals surface area contributed by atoms with E-state index >= 15 is 0 Å².